The first kappa shape index (κ1) is 17.9. The molecular weight excluding hydrogens is 381 g/mol. The molecule has 0 radical (unpaired) electrons. The van der Waals surface area contributed by atoms with E-state index >= 15 is 0 Å². The maximum atomic E-state index is 13.3. The highest BCUT2D eigenvalue weighted by atomic mass is 79.9. The molecule has 0 spiro atoms. The molecule has 126 valence electrons. The van der Waals surface area contributed by atoms with E-state index in [1.165, 1.54) is 6.07 Å². The average molecular weight is 396 g/mol. The highest BCUT2D eigenvalue weighted by Crippen LogP contribution is 2.21. The van der Waals surface area contributed by atoms with Gasteiger partial charge in [-0.15, -0.1) is 0 Å². The number of carbonyl (C=O) groups is 2. The second kappa shape index (κ2) is 7.92. The molecule has 0 aromatic heterocycles. The second-order valence-corrected chi connectivity index (χ2v) is 5.94. The van der Waals surface area contributed by atoms with Crippen molar-refractivity contribution >= 4 is 27.8 Å². The van der Waals surface area contributed by atoms with Crippen molar-refractivity contribution in [3.63, 3.8) is 0 Å². The predicted octanol–water partition coefficient (Wildman–Crippen LogP) is 3.29. The number of rotatable bonds is 6. The van der Waals surface area contributed by atoms with Crippen LogP contribution in [0.15, 0.2) is 40.9 Å². The molecule has 0 aliphatic carbocycles. The standard InChI is InChI=1S/C17H15BrFNO4/c1-10-2-3-11(6-14(10)18)8-20-17(23)13-5-4-12(19)7-15(13)24-9-16(21)22/h2-7H,8-9H2,1H3,(H,20,23)(H,21,22). The number of carbonyl (C=O) groups excluding carboxylic acids is 1. The normalized spacial score (nSPS) is 10.3. The van der Waals surface area contributed by atoms with Gasteiger partial charge in [-0.05, 0) is 36.2 Å². The Kier molecular flexibility index (Phi) is 5.92. The molecule has 0 aliphatic heterocycles. The van der Waals surface area contributed by atoms with Crippen molar-refractivity contribution in [2.75, 3.05) is 6.61 Å². The lowest BCUT2D eigenvalue weighted by molar-refractivity contribution is -0.139. The molecule has 0 bridgehead atoms. The molecule has 5 nitrogen and oxygen atoms in total. The van der Waals surface area contributed by atoms with E-state index in [9.17, 15) is 14.0 Å². The van der Waals surface area contributed by atoms with E-state index in [0.29, 0.717) is 0 Å². The van der Waals surface area contributed by atoms with Crippen LogP contribution in [0.1, 0.15) is 21.5 Å². The largest absolute Gasteiger partial charge is 0.481 e. The first-order valence-corrected chi connectivity index (χ1v) is 7.83. The number of amides is 1. The van der Waals surface area contributed by atoms with Gasteiger partial charge in [-0.25, -0.2) is 9.18 Å². The number of carboxylic acids is 1. The van der Waals surface area contributed by atoms with E-state index in [1.807, 2.05) is 25.1 Å². The SMILES string of the molecule is Cc1ccc(CNC(=O)c2ccc(F)cc2OCC(=O)O)cc1Br. The number of hydrogen-bond donors (Lipinski definition) is 2. The summed E-state index contributed by atoms with van der Waals surface area (Å²) in [7, 11) is 0. The van der Waals surface area contributed by atoms with Crippen molar-refractivity contribution in [2.45, 2.75) is 13.5 Å². The summed E-state index contributed by atoms with van der Waals surface area (Å²) in [5.74, 6) is -2.42. The molecule has 24 heavy (non-hydrogen) atoms. The first-order chi connectivity index (χ1) is 11.4. The Hall–Kier alpha value is -2.41. The Morgan fingerprint density at radius 1 is 1.25 bits per heavy atom. The summed E-state index contributed by atoms with van der Waals surface area (Å²) in [6.45, 7) is 1.57. The van der Waals surface area contributed by atoms with Gasteiger partial charge in [-0.3, -0.25) is 4.79 Å². The average Bonchev–Trinajstić information content (AvgIpc) is 2.53. The van der Waals surface area contributed by atoms with Crippen LogP contribution in [-0.4, -0.2) is 23.6 Å². The van der Waals surface area contributed by atoms with Gasteiger partial charge in [0.2, 0.25) is 0 Å². The lowest BCUT2D eigenvalue weighted by atomic mass is 10.1. The van der Waals surface area contributed by atoms with Crippen molar-refractivity contribution in [3.8, 4) is 5.75 Å². The third-order valence-electron chi connectivity index (χ3n) is 3.23. The van der Waals surface area contributed by atoms with Crippen molar-refractivity contribution in [1.82, 2.24) is 5.32 Å². The first-order valence-electron chi connectivity index (χ1n) is 7.04. The molecule has 1 amide bonds. The lowest BCUT2D eigenvalue weighted by Gasteiger charge is -2.11. The molecule has 0 atom stereocenters. The van der Waals surface area contributed by atoms with Crippen LogP contribution < -0.4 is 10.1 Å². The number of ether oxygens (including phenoxy) is 1. The molecule has 2 aromatic carbocycles. The zero-order chi connectivity index (χ0) is 17.7. The fourth-order valence-corrected chi connectivity index (χ4v) is 2.39. The number of halogens is 2. The summed E-state index contributed by atoms with van der Waals surface area (Å²) in [4.78, 5) is 22.9. The molecule has 0 aliphatic rings. The Labute approximate surface area is 146 Å². The van der Waals surface area contributed by atoms with Crippen molar-refractivity contribution in [2.24, 2.45) is 0 Å². The molecule has 7 heteroatoms. The summed E-state index contributed by atoms with van der Waals surface area (Å²) in [6, 6.07) is 9.05. The summed E-state index contributed by atoms with van der Waals surface area (Å²) in [5, 5.41) is 11.4. The predicted molar refractivity (Wildman–Crippen MR) is 89.6 cm³/mol. The van der Waals surface area contributed by atoms with E-state index in [-0.39, 0.29) is 17.9 Å². The number of benzene rings is 2. The van der Waals surface area contributed by atoms with Crippen molar-refractivity contribution < 1.29 is 23.8 Å². The molecule has 2 N–H and O–H groups in total. The molecule has 0 heterocycles. The molecule has 2 rings (SSSR count). The molecule has 2 aromatic rings. The second-order valence-electron chi connectivity index (χ2n) is 5.09. The minimum atomic E-state index is -1.21. The maximum Gasteiger partial charge on any atom is 0.341 e. The number of nitrogens with one attached hydrogen (secondary N) is 1. The quantitative estimate of drug-likeness (QED) is 0.786. The van der Waals surface area contributed by atoms with E-state index < -0.39 is 24.3 Å². The minimum absolute atomic E-state index is 0.0730. The Bertz CT molecular complexity index is 779. The topological polar surface area (TPSA) is 75.6 Å². The van der Waals surface area contributed by atoms with Gasteiger partial charge in [0.15, 0.2) is 6.61 Å². The van der Waals surface area contributed by atoms with E-state index in [1.54, 1.807) is 0 Å². The number of carboxylic acid groups (broad SMARTS) is 1. The van der Waals surface area contributed by atoms with Gasteiger partial charge in [-0.2, -0.15) is 0 Å². The summed E-state index contributed by atoms with van der Waals surface area (Å²) in [5.41, 5.74) is 2.03. The van der Waals surface area contributed by atoms with E-state index in [0.717, 1.165) is 27.7 Å². The molecule has 0 saturated heterocycles. The fourth-order valence-electron chi connectivity index (χ4n) is 1.97. The van der Waals surface area contributed by atoms with Crippen LogP contribution in [0.4, 0.5) is 4.39 Å². The zero-order valence-corrected chi connectivity index (χ0v) is 14.4. The molecular formula is C17H15BrFNO4. The van der Waals surface area contributed by atoms with Gasteiger partial charge in [0.25, 0.3) is 5.91 Å². The van der Waals surface area contributed by atoms with Gasteiger partial charge >= 0.3 is 5.97 Å². The number of aryl methyl sites for hydroxylation is 1. The summed E-state index contributed by atoms with van der Waals surface area (Å²) < 4.78 is 19.2. The third kappa shape index (κ3) is 4.79. The van der Waals surface area contributed by atoms with Crippen LogP contribution in [0.2, 0.25) is 0 Å². The molecule has 0 saturated carbocycles. The summed E-state index contributed by atoms with van der Waals surface area (Å²) >= 11 is 3.42. The van der Waals surface area contributed by atoms with E-state index in [4.69, 9.17) is 9.84 Å². The number of hydrogen-bond acceptors (Lipinski definition) is 3. The minimum Gasteiger partial charge on any atom is -0.481 e. The highest BCUT2D eigenvalue weighted by Gasteiger charge is 2.14. The maximum absolute atomic E-state index is 13.3. The zero-order valence-electron chi connectivity index (χ0n) is 12.8. The van der Waals surface area contributed by atoms with Gasteiger partial charge in [0.05, 0.1) is 5.56 Å². The van der Waals surface area contributed by atoms with Crippen LogP contribution in [0.3, 0.4) is 0 Å². The lowest BCUT2D eigenvalue weighted by Crippen LogP contribution is -2.24. The van der Waals surface area contributed by atoms with Gasteiger partial charge < -0.3 is 15.2 Å². The summed E-state index contributed by atoms with van der Waals surface area (Å²) in [6.07, 6.45) is 0. The van der Waals surface area contributed by atoms with Gasteiger partial charge in [0, 0.05) is 17.1 Å². The number of aliphatic carboxylic acids is 1. The fraction of sp³-hybridized carbons (Fsp3) is 0.176. The smallest absolute Gasteiger partial charge is 0.341 e. The monoisotopic (exact) mass is 395 g/mol. The molecule has 0 fully saturated rings. The van der Waals surface area contributed by atoms with Crippen LogP contribution in [0.25, 0.3) is 0 Å². The Morgan fingerprint density at radius 3 is 2.67 bits per heavy atom. The van der Waals surface area contributed by atoms with Crippen molar-refractivity contribution in [1.29, 1.82) is 0 Å². The van der Waals surface area contributed by atoms with Crippen LogP contribution in [0, 0.1) is 12.7 Å². The van der Waals surface area contributed by atoms with E-state index in [2.05, 4.69) is 21.2 Å². The van der Waals surface area contributed by atoms with Gasteiger partial charge in [0.1, 0.15) is 11.6 Å². The third-order valence-corrected chi connectivity index (χ3v) is 4.08. The van der Waals surface area contributed by atoms with Crippen molar-refractivity contribution in [3.05, 3.63) is 63.4 Å². The highest BCUT2D eigenvalue weighted by molar-refractivity contribution is 9.10. The molecule has 0 unspecified atom stereocenters. The Balaban J connectivity index is 2.10. The van der Waals surface area contributed by atoms with Crippen LogP contribution in [0.5, 0.6) is 5.75 Å². The van der Waals surface area contributed by atoms with Crippen LogP contribution in [-0.2, 0) is 11.3 Å². The van der Waals surface area contributed by atoms with Gasteiger partial charge in [-0.1, -0.05) is 28.1 Å². The Morgan fingerprint density at radius 2 is 2.00 bits per heavy atom. The van der Waals surface area contributed by atoms with Crippen LogP contribution >= 0.6 is 15.9 Å².